The Bertz CT molecular complexity index is 599. The van der Waals surface area contributed by atoms with Gasteiger partial charge in [-0.15, -0.1) is 0 Å². The van der Waals surface area contributed by atoms with Crippen LogP contribution in [0.5, 0.6) is 0 Å². The molecule has 0 spiro atoms. The number of amides is 1. The Morgan fingerprint density at radius 1 is 1.53 bits per heavy atom. The van der Waals surface area contributed by atoms with Gasteiger partial charge in [-0.2, -0.15) is 0 Å². The van der Waals surface area contributed by atoms with E-state index in [0.717, 1.165) is 6.26 Å². The molecule has 0 fully saturated rings. The summed E-state index contributed by atoms with van der Waals surface area (Å²) < 4.78 is 22.0. The molecule has 0 bridgehead atoms. The first-order valence-corrected chi connectivity index (χ1v) is 7.70. The standard InChI is InChI=1S/C11H16ClN3O3S/c1-11(2,19(3,17)18)6-15-10(16)7-4-8(12)9(13)14-5-7/h4-5H,6H2,1-3H3,(H2,13,14)(H,15,16). The van der Waals surface area contributed by atoms with Gasteiger partial charge in [-0.1, -0.05) is 11.6 Å². The maximum atomic E-state index is 11.8. The minimum Gasteiger partial charge on any atom is -0.382 e. The average Bonchev–Trinajstić information content (AvgIpc) is 2.28. The van der Waals surface area contributed by atoms with E-state index in [9.17, 15) is 13.2 Å². The first-order valence-electron chi connectivity index (χ1n) is 5.43. The number of sulfone groups is 1. The minimum absolute atomic E-state index is 0.00728. The number of anilines is 1. The van der Waals surface area contributed by atoms with Gasteiger partial charge in [0.2, 0.25) is 0 Å². The quantitative estimate of drug-likeness (QED) is 0.859. The Labute approximate surface area is 117 Å². The molecule has 0 unspecified atom stereocenters. The molecule has 19 heavy (non-hydrogen) atoms. The van der Waals surface area contributed by atoms with Crippen molar-refractivity contribution in [3.63, 3.8) is 0 Å². The maximum Gasteiger partial charge on any atom is 0.252 e. The van der Waals surface area contributed by atoms with E-state index >= 15 is 0 Å². The van der Waals surface area contributed by atoms with E-state index in [2.05, 4.69) is 10.3 Å². The maximum absolute atomic E-state index is 11.8. The van der Waals surface area contributed by atoms with E-state index in [4.69, 9.17) is 17.3 Å². The zero-order valence-corrected chi connectivity index (χ0v) is 12.5. The van der Waals surface area contributed by atoms with Crippen LogP contribution in [0.25, 0.3) is 0 Å². The van der Waals surface area contributed by atoms with Crippen molar-refractivity contribution in [2.75, 3.05) is 18.5 Å². The van der Waals surface area contributed by atoms with Gasteiger partial charge in [0.15, 0.2) is 9.84 Å². The third-order valence-electron chi connectivity index (χ3n) is 2.81. The fraction of sp³-hybridized carbons (Fsp3) is 0.455. The number of carbonyl (C=O) groups excluding carboxylic acids is 1. The molecule has 0 saturated carbocycles. The molecule has 1 amide bonds. The fourth-order valence-corrected chi connectivity index (χ4v) is 1.60. The van der Waals surface area contributed by atoms with Crippen molar-refractivity contribution in [3.05, 3.63) is 22.8 Å². The second kappa shape index (κ2) is 5.34. The van der Waals surface area contributed by atoms with Crippen LogP contribution in [0, 0.1) is 0 Å². The van der Waals surface area contributed by atoms with Crippen LogP contribution in [0.1, 0.15) is 24.2 Å². The van der Waals surface area contributed by atoms with Gasteiger partial charge in [-0.3, -0.25) is 4.79 Å². The lowest BCUT2D eigenvalue weighted by Gasteiger charge is -2.22. The molecule has 106 valence electrons. The summed E-state index contributed by atoms with van der Waals surface area (Å²) in [4.78, 5) is 15.6. The summed E-state index contributed by atoms with van der Waals surface area (Å²) in [5, 5.41) is 2.71. The summed E-state index contributed by atoms with van der Waals surface area (Å²) in [6.45, 7) is 3.07. The van der Waals surface area contributed by atoms with Gasteiger partial charge in [-0.25, -0.2) is 13.4 Å². The third-order valence-corrected chi connectivity index (χ3v) is 5.26. The molecular weight excluding hydrogens is 290 g/mol. The van der Waals surface area contributed by atoms with E-state index < -0.39 is 20.5 Å². The Hall–Kier alpha value is -1.34. The summed E-state index contributed by atoms with van der Waals surface area (Å²) in [6, 6.07) is 1.38. The van der Waals surface area contributed by atoms with Gasteiger partial charge in [0.05, 0.1) is 15.3 Å². The van der Waals surface area contributed by atoms with Crippen LogP contribution in [0.4, 0.5) is 5.82 Å². The number of nitrogens with one attached hydrogen (secondary N) is 1. The highest BCUT2D eigenvalue weighted by atomic mass is 35.5. The fourth-order valence-electron chi connectivity index (χ4n) is 1.10. The Balaban J connectivity index is 2.79. The van der Waals surface area contributed by atoms with Crippen LogP contribution in [0.15, 0.2) is 12.3 Å². The van der Waals surface area contributed by atoms with Crippen molar-refractivity contribution in [1.82, 2.24) is 10.3 Å². The zero-order valence-electron chi connectivity index (χ0n) is 10.9. The van der Waals surface area contributed by atoms with Gasteiger partial charge < -0.3 is 11.1 Å². The summed E-state index contributed by atoms with van der Waals surface area (Å²) >= 11 is 5.76. The number of pyridine rings is 1. The molecular formula is C11H16ClN3O3S. The van der Waals surface area contributed by atoms with E-state index in [-0.39, 0.29) is 22.9 Å². The number of nitrogens with zero attached hydrogens (tertiary/aromatic N) is 1. The predicted molar refractivity (Wildman–Crippen MR) is 74.9 cm³/mol. The van der Waals surface area contributed by atoms with Gasteiger partial charge >= 0.3 is 0 Å². The molecule has 0 saturated heterocycles. The normalized spacial score (nSPS) is 12.2. The number of aromatic nitrogens is 1. The van der Waals surface area contributed by atoms with Crippen LogP contribution in [0.3, 0.4) is 0 Å². The van der Waals surface area contributed by atoms with E-state index in [0.29, 0.717) is 0 Å². The SMILES string of the molecule is CC(C)(CNC(=O)c1cnc(N)c(Cl)c1)S(C)(=O)=O. The summed E-state index contributed by atoms with van der Waals surface area (Å²) in [5.74, 6) is -0.319. The van der Waals surface area contributed by atoms with Crippen molar-refractivity contribution in [1.29, 1.82) is 0 Å². The van der Waals surface area contributed by atoms with Crippen LogP contribution in [0.2, 0.25) is 5.02 Å². The number of nitrogens with two attached hydrogens (primary N) is 1. The average molecular weight is 306 g/mol. The number of carbonyl (C=O) groups is 1. The first kappa shape index (κ1) is 15.7. The predicted octanol–water partition coefficient (Wildman–Crippen LogP) is 0.870. The van der Waals surface area contributed by atoms with Crippen molar-refractivity contribution in [2.24, 2.45) is 0 Å². The van der Waals surface area contributed by atoms with Crippen molar-refractivity contribution < 1.29 is 13.2 Å². The lowest BCUT2D eigenvalue weighted by atomic mass is 10.2. The zero-order chi connectivity index (χ0) is 14.8. The Morgan fingerprint density at radius 2 is 2.11 bits per heavy atom. The summed E-state index contributed by atoms with van der Waals surface area (Å²) in [6.07, 6.45) is 2.41. The van der Waals surface area contributed by atoms with Crippen molar-refractivity contribution >= 4 is 33.2 Å². The largest absolute Gasteiger partial charge is 0.382 e. The van der Waals surface area contributed by atoms with Gasteiger partial charge in [0.1, 0.15) is 5.82 Å². The number of rotatable bonds is 4. The molecule has 0 aliphatic carbocycles. The van der Waals surface area contributed by atoms with Crippen molar-refractivity contribution in [3.8, 4) is 0 Å². The molecule has 0 atom stereocenters. The second-order valence-corrected chi connectivity index (χ2v) is 7.86. The monoisotopic (exact) mass is 305 g/mol. The van der Waals surface area contributed by atoms with E-state index in [1.165, 1.54) is 26.1 Å². The third kappa shape index (κ3) is 3.81. The topological polar surface area (TPSA) is 102 Å². The summed E-state index contributed by atoms with van der Waals surface area (Å²) in [7, 11) is -3.27. The highest BCUT2D eigenvalue weighted by Gasteiger charge is 2.30. The van der Waals surface area contributed by atoms with Gasteiger partial charge in [0, 0.05) is 19.0 Å². The molecule has 1 aromatic heterocycles. The number of halogens is 1. The van der Waals surface area contributed by atoms with Crippen LogP contribution in [-0.4, -0.2) is 36.9 Å². The number of nitrogen functional groups attached to an aromatic ring is 1. The van der Waals surface area contributed by atoms with Crippen LogP contribution in [-0.2, 0) is 9.84 Å². The van der Waals surface area contributed by atoms with Gasteiger partial charge in [0.25, 0.3) is 5.91 Å². The molecule has 1 heterocycles. The molecule has 0 aliphatic rings. The highest BCUT2D eigenvalue weighted by Crippen LogP contribution is 2.17. The molecule has 1 aromatic rings. The minimum atomic E-state index is -3.27. The number of hydrogen-bond donors (Lipinski definition) is 2. The first-order chi connectivity index (χ1) is 8.54. The van der Waals surface area contributed by atoms with E-state index in [1.807, 2.05) is 0 Å². The van der Waals surface area contributed by atoms with Crippen LogP contribution < -0.4 is 11.1 Å². The van der Waals surface area contributed by atoms with Crippen LogP contribution >= 0.6 is 11.6 Å². The second-order valence-electron chi connectivity index (χ2n) is 4.81. The summed E-state index contributed by atoms with van der Waals surface area (Å²) in [5.41, 5.74) is 5.66. The molecule has 3 N–H and O–H groups in total. The molecule has 8 heteroatoms. The highest BCUT2D eigenvalue weighted by molar-refractivity contribution is 7.92. The van der Waals surface area contributed by atoms with Gasteiger partial charge in [-0.05, 0) is 19.9 Å². The Morgan fingerprint density at radius 3 is 2.58 bits per heavy atom. The van der Waals surface area contributed by atoms with Crippen molar-refractivity contribution in [2.45, 2.75) is 18.6 Å². The molecule has 0 aromatic carbocycles. The lowest BCUT2D eigenvalue weighted by molar-refractivity contribution is 0.0950. The Kier molecular flexibility index (Phi) is 4.42. The molecule has 6 nitrogen and oxygen atoms in total. The molecule has 0 aliphatic heterocycles. The van der Waals surface area contributed by atoms with E-state index in [1.54, 1.807) is 0 Å². The number of hydrogen-bond acceptors (Lipinski definition) is 5. The molecule has 0 radical (unpaired) electrons. The smallest absolute Gasteiger partial charge is 0.252 e. The lowest BCUT2D eigenvalue weighted by Crippen LogP contribution is -2.43. The molecule has 1 rings (SSSR count).